The molecule has 0 bridgehead atoms. The third-order valence-corrected chi connectivity index (χ3v) is 5.57. The zero-order chi connectivity index (χ0) is 22.8. The van der Waals surface area contributed by atoms with E-state index >= 15 is 0 Å². The molecule has 1 heterocycles. The lowest BCUT2D eigenvalue weighted by atomic mass is 10.1. The van der Waals surface area contributed by atoms with Gasteiger partial charge >= 0.3 is 0 Å². The number of rotatable bonds is 12. The second-order valence-corrected chi connectivity index (χ2v) is 8.89. The smallest absolute Gasteiger partial charge is 0.290 e. The first kappa shape index (κ1) is 28.0. The van der Waals surface area contributed by atoms with E-state index in [0.29, 0.717) is 6.04 Å². The Kier molecular flexibility index (Phi) is 16.6. The highest BCUT2D eigenvalue weighted by molar-refractivity contribution is 7.99. The molecule has 168 valence electrons. The highest BCUT2D eigenvalue weighted by Crippen LogP contribution is 2.15. The molecule has 0 aliphatic rings. The Morgan fingerprint density at radius 1 is 1.13 bits per heavy atom. The number of allylic oxidation sites excluding steroid dienone is 5. The van der Waals surface area contributed by atoms with Gasteiger partial charge in [0.25, 0.3) is 6.47 Å². The van der Waals surface area contributed by atoms with Crippen LogP contribution in [0.15, 0.2) is 53.3 Å². The fourth-order valence-corrected chi connectivity index (χ4v) is 3.67. The number of carboxylic acid groups (broad SMARTS) is 1. The molecule has 0 aliphatic carbocycles. The van der Waals surface area contributed by atoms with Gasteiger partial charge in [0, 0.05) is 23.7 Å². The molecule has 1 atom stereocenters. The van der Waals surface area contributed by atoms with Crippen molar-refractivity contribution >= 4 is 24.1 Å². The third kappa shape index (κ3) is 15.9. The van der Waals surface area contributed by atoms with Crippen molar-refractivity contribution < 1.29 is 9.90 Å². The Morgan fingerprint density at radius 3 is 2.33 bits per heavy atom. The molecule has 0 aliphatic heterocycles. The molecule has 0 fully saturated rings. The van der Waals surface area contributed by atoms with Crippen molar-refractivity contribution in [1.82, 2.24) is 4.98 Å². The van der Waals surface area contributed by atoms with Crippen molar-refractivity contribution in [2.75, 3.05) is 16.8 Å². The van der Waals surface area contributed by atoms with E-state index in [2.05, 4.69) is 76.1 Å². The fourth-order valence-electron chi connectivity index (χ4n) is 2.70. The number of pyridine rings is 1. The SMILES string of the molecule is CC(C)=CCC/C(C)=C/CC/C(C)=C/CSCC(C)Nc1ncccc1C.O=CO. The summed E-state index contributed by atoms with van der Waals surface area (Å²) in [7, 11) is 0. The molecule has 1 unspecified atom stereocenters. The van der Waals surface area contributed by atoms with Gasteiger partial charge in [0.15, 0.2) is 0 Å². The van der Waals surface area contributed by atoms with Crippen LogP contribution in [0.25, 0.3) is 0 Å². The molecule has 0 saturated carbocycles. The molecule has 0 saturated heterocycles. The molecule has 0 spiro atoms. The summed E-state index contributed by atoms with van der Waals surface area (Å²) in [4.78, 5) is 12.8. The van der Waals surface area contributed by atoms with Gasteiger partial charge < -0.3 is 10.4 Å². The Bertz CT molecular complexity index is 692. The van der Waals surface area contributed by atoms with E-state index in [1.165, 1.54) is 41.5 Å². The third-order valence-electron chi connectivity index (χ3n) is 4.43. The van der Waals surface area contributed by atoms with Crippen molar-refractivity contribution in [3.05, 3.63) is 58.8 Å². The maximum Gasteiger partial charge on any atom is 0.290 e. The number of nitrogens with one attached hydrogen (secondary N) is 1. The summed E-state index contributed by atoms with van der Waals surface area (Å²) >= 11 is 1.98. The molecule has 0 aromatic carbocycles. The first-order valence-electron chi connectivity index (χ1n) is 10.6. The number of hydrogen-bond donors (Lipinski definition) is 2. The van der Waals surface area contributed by atoms with Crippen molar-refractivity contribution in [3.8, 4) is 0 Å². The van der Waals surface area contributed by atoms with Crippen molar-refractivity contribution in [2.24, 2.45) is 0 Å². The van der Waals surface area contributed by atoms with Crippen molar-refractivity contribution in [1.29, 1.82) is 0 Å². The van der Waals surface area contributed by atoms with Gasteiger partial charge in [-0.05, 0) is 78.9 Å². The minimum atomic E-state index is -0.250. The Hall–Kier alpha value is -2.01. The van der Waals surface area contributed by atoms with Crippen molar-refractivity contribution in [3.63, 3.8) is 0 Å². The van der Waals surface area contributed by atoms with Gasteiger partial charge in [-0.3, -0.25) is 4.79 Å². The van der Waals surface area contributed by atoms with Gasteiger partial charge in [-0.2, -0.15) is 11.8 Å². The fraction of sp³-hybridized carbons (Fsp3) is 0.520. The lowest BCUT2D eigenvalue weighted by molar-refractivity contribution is -0.122. The van der Waals surface area contributed by atoms with Crippen LogP contribution >= 0.6 is 11.8 Å². The van der Waals surface area contributed by atoms with E-state index in [1.807, 2.05) is 24.0 Å². The monoisotopic (exact) mass is 432 g/mol. The molecule has 1 aromatic rings. The second-order valence-electron chi connectivity index (χ2n) is 7.82. The molecule has 0 radical (unpaired) electrons. The Balaban J connectivity index is 0.00000263. The number of nitrogens with zero attached hydrogens (tertiary/aromatic N) is 1. The summed E-state index contributed by atoms with van der Waals surface area (Å²) in [6, 6.07) is 4.50. The normalized spacial score (nSPS) is 12.5. The number of anilines is 1. The predicted molar refractivity (Wildman–Crippen MR) is 133 cm³/mol. The van der Waals surface area contributed by atoms with Crippen LogP contribution in [0.4, 0.5) is 5.82 Å². The lowest BCUT2D eigenvalue weighted by Crippen LogP contribution is -2.19. The first-order valence-corrected chi connectivity index (χ1v) is 11.7. The van der Waals surface area contributed by atoms with Crippen LogP contribution in [-0.2, 0) is 4.79 Å². The average Bonchev–Trinajstić information content (AvgIpc) is 2.67. The maximum absolute atomic E-state index is 8.36. The molecular formula is C25H40N2O2S. The van der Waals surface area contributed by atoms with Crippen LogP contribution in [0.5, 0.6) is 0 Å². The van der Waals surface area contributed by atoms with Crippen LogP contribution < -0.4 is 5.32 Å². The Morgan fingerprint density at radius 2 is 1.73 bits per heavy atom. The van der Waals surface area contributed by atoms with Crippen LogP contribution in [-0.4, -0.2) is 34.1 Å². The van der Waals surface area contributed by atoms with E-state index in [1.54, 1.807) is 0 Å². The lowest BCUT2D eigenvalue weighted by Gasteiger charge is -2.15. The summed E-state index contributed by atoms with van der Waals surface area (Å²) in [6.07, 6.45) is 13.6. The first-order chi connectivity index (χ1) is 14.3. The summed E-state index contributed by atoms with van der Waals surface area (Å²) in [5.41, 5.74) is 5.63. The van der Waals surface area contributed by atoms with E-state index < -0.39 is 0 Å². The van der Waals surface area contributed by atoms with E-state index in [-0.39, 0.29) is 6.47 Å². The topological polar surface area (TPSA) is 62.2 Å². The number of carbonyl (C=O) groups is 1. The molecule has 1 aromatic heterocycles. The summed E-state index contributed by atoms with van der Waals surface area (Å²) < 4.78 is 0. The molecule has 5 heteroatoms. The molecule has 0 amide bonds. The van der Waals surface area contributed by atoms with Crippen molar-refractivity contribution in [2.45, 2.75) is 73.3 Å². The van der Waals surface area contributed by atoms with Gasteiger partial charge in [-0.25, -0.2) is 4.98 Å². The number of thioether (sulfide) groups is 1. The van der Waals surface area contributed by atoms with Gasteiger partial charge in [0.2, 0.25) is 0 Å². The van der Waals surface area contributed by atoms with E-state index in [9.17, 15) is 0 Å². The Labute approximate surface area is 188 Å². The minimum Gasteiger partial charge on any atom is -0.483 e. The largest absolute Gasteiger partial charge is 0.483 e. The quantitative estimate of drug-likeness (QED) is 0.211. The van der Waals surface area contributed by atoms with Crippen LogP contribution in [0.3, 0.4) is 0 Å². The van der Waals surface area contributed by atoms with Crippen LogP contribution in [0, 0.1) is 6.92 Å². The van der Waals surface area contributed by atoms with Gasteiger partial charge in [0.1, 0.15) is 5.82 Å². The second kappa shape index (κ2) is 17.8. The average molecular weight is 433 g/mol. The highest BCUT2D eigenvalue weighted by atomic mass is 32.2. The molecule has 1 rings (SSSR count). The highest BCUT2D eigenvalue weighted by Gasteiger charge is 2.04. The minimum absolute atomic E-state index is 0.250. The number of aromatic nitrogens is 1. The zero-order valence-corrected chi connectivity index (χ0v) is 20.4. The van der Waals surface area contributed by atoms with Crippen LogP contribution in [0.1, 0.15) is 65.9 Å². The summed E-state index contributed by atoms with van der Waals surface area (Å²) in [5.74, 6) is 3.18. The van der Waals surface area contributed by atoms with Gasteiger partial charge in [-0.1, -0.05) is 41.0 Å². The van der Waals surface area contributed by atoms with Gasteiger partial charge in [0.05, 0.1) is 0 Å². The standard InChI is InChI=1S/C24H38N2S.CH2O2/c1-19(2)10-7-11-20(3)12-8-13-21(4)15-17-27-18-23(6)26-24-22(5)14-9-16-25-24;2-1-3/h9-10,12,14-16,23H,7-8,11,13,17-18H2,1-6H3,(H,25,26);1H,(H,2,3)/b20-12+,21-15+;. The zero-order valence-electron chi connectivity index (χ0n) is 19.6. The molecule has 30 heavy (non-hydrogen) atoms. The number of aryl methyl sites for hydroxylation is 1. The summed E-state index contributed by atoms with van der Waals surface area (Å²) in [5, 5.41) is 10.4. The van der Waals surface area contributed by atoms with Crippen LogP contribution in [0.2, 0.25) is 0 Å². The van der Waals surface area contributed by atoms with Gasteiger partial charge in [-0.15, -0.1) is 0 Å². The van der Waals surface area contributed by atoms with E-state index in [4.69, 9.17) is 9.90 Å². The molecular weight excluding hydrogens is 392 g/mol. The molecule has 4 nitrogen and oxygen atoms in total. The number of hydrogen-bond acceptors (Lipinski definition) is 4. The summed E-state index contributed by atoms with van der Waals surface area (Å²) in [6.45, 7) is 12.9. The predicted octanol–water partition coefficient (Wildman–Crippen LogP) is 7.04. The van der Waals surface area contributed by atoms with E-state index in [0.717, 1.165) is 23.7 Å². The maximum atomic E-state index is 8.36. The molecule has 2 N–H and O–H groups in total.